The molecular weight excluding hydrogens is 540 g/mol. The second-order valence-electron chi connectivity index (χ2n) is 6.23. The highest BCUT2D eigenvalue weighted by Crippen LogP contribution is 2.33. The van der Waals surface area contributed by atoms with Crippen molar-refractivity contribution in [1.29, 1.82) is 0 Å². The maximum atomic E-state index is 12.6. The summed E-state index contributed by atoms with van der Waals surface area (Å²) < 4.78 is 48.4. The van der Waals surface area contributed by atoms with E-state index in [-0.39, 0.29) is 54.6 Å². The predicted molar refractivity (Wildman–Crippen MR) is 117 cm³/mol. The third-order valence-corrected chi connectivity index (χ3v) is 3.98. The normalized spacial score (nSPS) is 13.9. The molecule has 0 radical (unpaired) electrons. The van der Waals surface area contributed by atoms with Gasteiger partial charge in [0.05, 0.1) is 24.9 Å². The number of rotatable bonds is 8. The van der Waals surface area contributed by atoms with Crippen molar-refractivity contribution in [3.05, 3.63) is 47.0 Å². The van der Waals surface area contributed by atoms with Crippen LogP contribution in [0.3, 0.4) is 0 Å². The number of halogens is 5. The van der Waals surface area contributed by atoms with E-state index in [4.69, 9.17) is 20.8 Å². The standard InChI is InChI=1S/C18H22ClF3N4O3.HI/c1-3-23-16(26-11-17(2,27)14-5-4-7-28-14)24-6-8-29-15-13(19)9-12(10-25-15)18(20,21)22;/h4-5,7,9-10,27H,3,6,8,11H2,1-2H3,(H2,23,24,26);1H. The monoisotopic (exact) mass is 562 g/mol. The maximum absolute atomic E-state index is 12.6. The number of hydrogen-bond acceptors (Lipinski definition) is 5. The Bertz CT molecular complexity index is 818. The number of alkyl halides is 3. The first-order valence-corrected chi connectivity index (χ1v) is 9.15. The number of aliphatic hydroxyl groups is 1. The summed E-state index contributed by atoms with van der Waals surface area (Å²) in [6.07, 6.45) is -2.39. The number of ether oxygens (including phenoxy) is 1. The zero-order valence-corrected chi connectivity index (χ0v) is 19.4. The van der Waals surface area contributed by atoms with Crippen LogP contribution in [0, 0.1) is 0 Å². The van der Waals surface area contributed by atoms with Crippen LogP contribution in [-0.4, -0.2) is 42.3 Å². The Morgan fingerprint density at radius 1 is 1.37 bits per heavy atom. The average molecular weight is 563 g/mol. The van der Waals surface area contributed by atoms with Crippen LogP contribution in [0.5, 0.6) is 5.88 Å². The van der Waals surface area contributed by atoms with Crippen molar-refractivity contribution in [1.82, 2.24) is 15.6 Å². The van der Waals surface area contributed by atoms with Crippen LogP contribution in [0.2, 0.25) is 5.02 Å². The number of guanidine groups is 1. The maximum Gasteiger partial charge on any atom is 0.417 e. The fraction of sp³-hybridized carbons (Fsp3) is 0.444. The Balaban J connectivity index is 0.00000450. The van der Waals surface area contributed by atoms with Gasteiger partial charge < -0.3 is 24.9 Å². The molecule has 2 heterocycles. The lowest BCUT2D eigenvalue weighted by Gasteiger charge is -2.19. The second-order valence-corrected chi connectivity index (χ2v) is 6.64. The number of furan rings is 1. The van der Waals surface area contributed by atoms with E-state index in [0.29, 0.717) is 24.5 Å². The first-order chi connectivity index (χ1) is 13.6. The van der Waals surface area contributed by atoms with Crippen LogP contribution in [0.15, 0.2) is 40.1 Å². The molecule has 1 unspecified atom stereocenters. The van der Waals surface area contributed by atoms with Crippen molar-refractivity contribution in [2.45, 2.75) is 25.6 Å². The molecule has 2 rings (SSSR count). The molecule has 0 aromatic carbocycles. The van der Waals surface area contributed by atoms with Crippen LogP contribution in [-0.2, 0) is 11.8 Å². The second kappa shape index (κ2) is 11.6. The fourth-order valence-corrected chi connectivity index (χ4v) is 2.46. The molecular formula is C18H23ClF3IN4O3. The van der Waals surface area contributed by atoms with Gasteiger partial charge in [-0.05, 0) is 32.0 Å². The smallest absolute Gasteiger partial charge is 0.417 e. The summed E-state index contributed by atoms with van der Waals surface area (Å²) >= 11 is 5.79. The van der Waals surface area contributed by atoms with E-state index in [1.165, 1.54) is 6.26 Å². The van der Waals surface area contributed by atoms with E-state index in [0.717, 1.165) is 6.07 Å². The molecule has 0 aliphatic rings. The molecule has 0 aliphatic heterocycles. The molecule has 168 valence electrons. The lowest BCUT2D eigenvalue weighted by atomic mass is 10.0. The third-order valence-electron chi connectivity index (χ3n) is 3.71. The minimum Gasteiger partial charge on any atom is -0.475 e. The Hall–Kier alpha value is -1.73. The zero-order chi connectivity index (χ0) is 21.5. The van der Waals surface area contributed by atoms with Crippen molar-refractivity contribution < 1.29 is 27.4 Å². The Morgan fingerprint density at radius 3 is 2.67 bits per heavy atom. The van der Waals surface area contributed by atoms with Gasteiger partial charge in [-0.25, -0.2) is 9.98 Å². The predicted octanol–water partition coefficient (Wildman–Crippen LogP) is 3.81. The van der Waals surface area contributed by atoms with Gasteiger partial charge in [0.15, 0.2) is 5.96 Å². The van der Waals surface area contributed by atoms with Crippen molar-refractivity contribution >= 4 is 41.5 Å². The summed E-state index contributed by atoms with van der Waals surface area (Å²) in [5.41, 5.74) is -2.22. The van der Waals surface area contributed by atoms with Gasteiger partial charge >= 0.3 is 6.18 Å². The summed E-state index contributed by atoms with van der Waals surface area (Å²) in [5, 5.41) is 16.2. The topological polar surface area (TPSA) is 91.9 Å². The van der Waals surface area contributed by atoms with Crippen LogP contribution in [0.4, 0.5) is 13.2 Å². The highest BCUT2D eigenvalue weighted by atomic mass is 127. The van der Waals surface area contributed by atoms with Gasteiger partial charge in [-0.1, -0.05) is 11.6 Å². The van der Waals surface area contributed by atoms with Gasteiger partial charge in [-0.3, -0.25) is 0 Å². The molecule has 3 N–H and O–H groups in total. The Labute approximate surface area is 194 Å². The SMILES string of the molecule is CCNC(=NCC(C)(O)c1ccco1)NCCOc1ncc(C(F)(F)F)cc1Cl.I. The highest BCUT2D eigenvalue weighted by molar-refractivity contribution is 14.0. The molecule has 0 fully saturated rings. The van der Waals surface area contributed by atoms with Crippen molar-refractivity contribution in [3.8, 4) is 5.88 Å². The molecule has 0 spiro atoms. The summed E-state index contributed by atoms with van der Waals surface area (Å²) in [4.78, 5) is 7.91. The third kappa shape index (κ3) is 7.84. The van der Waals surface area contributed by atoms with Crippen molar-refractivity contribution in [2.24, 2.45) is 4.99 Å². The summed E-state index contributed by atoms with van der Waals surface area (Å²) in [5.74, 6) is 0.724. The summed E-state index contributed by atoms with van der Waals surface area (Å²) in [6, 6.07) is 4.10. The number of aliphatic imine (C=N–C) groups is 1. The number of hydrogen-bond donors (Lipinski definition) is 3. The zero-order valence-electron chi connectivity index (χ0n) is 16.3. The molecule has 0 bridgehead atoms. The van der Waals surface area contributed by atoms with Gasteiger partial charge in [0.25, 0.3) is 0 Å². The van der Waals surface area contributed by atoms with Crippen LogP contribution in [0.25, 0.3) is 0 Å². The number of pyridine rings is 1. The van der Waals surface area contributed by atoms with E-state index in [1.807, 2.05) is 6.92 Å². The molecule has 7 nitrogen and oxygen atoms in total. The highest BCUT2D eigenvalue weighted by Gasteiger charge is 2.31. The first kappa shape index (κ1) is 26.3. The molecule has 1 atom stereocenters. The van der Waals surface area contributed by atoms with Crippen LogP contribution in [0.1, 0.15) is 25.2 Å². The Kier molecular flexibility index (Phi) is 10.2. The van der Waals surface area contributed by atoms with Gasteiger partial charge in [-0.2, -0.15) is 13.2 Å². The van der Waals surface area contributed by atoms with E-state index < -0.39 is 17.3 Å². The fourth-order valence-electron chi connectivity index (χ4n) is 2.24. The van der Waals surface area contributed by atoms with Crippen molar-refractivity contribution in [3.63, 3.8) is 0 Å². The minimum atomic E-state index is -4.52. The molecule has 2 aromatic heterocycles. The van der Waals surface area contributed by atoms with Gasteiger partial charge in [0.2, 0.25) is 5.88 Å². The summed E-state index contributed by atoms with van der Waals surface area (Å²) in [6.45, 7) is 4.44. The molecule has 0 aliphatic carbocycles. The summed E-state index contributed by atoms with van der Waals surface area (Å²) in [7, 11) is 0. The quantitative estimate of drug-likeness (QED) is 0.196. The van der Waals surface area contributed by atoms with Gasteiger partial charge in [-0.15, -0.1) is 24.0 Å². The number of aromatic nitrogens is 1. The lowest BCUT2D eigenvalue weighted by Crippen LogP contribution is -2.40. The number of nitrogens with zero attached hydrogens (tertiary/aromatic N) is 2. The molecule has 12 heteroatoms. The van der Waals surface area contributed by atoms with Gasteiger partial charge in [0, 0.05) is 12.7 Å². The number of nitrogens with one attached hydrogen (secondary N) is 2. The average Bonchev–Trinajstić information content (AvgIpc) is 3.19. The first-order valence-electron chi connectivity index (χ1n) is 8.77. The Morgan fingerprint density at radius 2 is 2.10 bits per heavy atom. The minimum absolute atomic E-state index is 0. The lowest BCUT2D eigenvalue weighted by molar-refractivity contribution is -0.137. The van der Waals surface area contributed by atoms with E-state index in [1.54, 1.807) is 19.1 Å². The molecule has 0 saturated heterocycles. The van der Waals surface area contributed by atoms with Crippen molar-refractivity contribution in [2.75, 3.05) is 26.2 Å². The molecule has 0 saturated carbocycles. The van der Waals surface area contributed by atoms with E-state index in [2.05, 4.69) is 20.6 Å². The van der Waals surface area contributed by atoms with Crippen LogP contribution >= 0.6 is 35.6 Å². The largest absolute Gasteiger partial charge is 0.475 e. The van der Waals surface area contributed by atoms with Crippen LogP contribution < -0.4 is 15.4 Å². The van der Waals surface area contributed by atoms with E-state index in [9.17, 15) is 18.3 Å². The molecule has 2 aromatic rings. The van der Waals surface area contributed by atoms with E-state index >= 15 is 0 Å². The van der Waals surface area contributed by atoms with Gasteiger partial charge in [0.1, 0.15) is 23.0 Å². The molecule has 0 amide bonds. The molecule has 30 heavy (non-hydrogen) atoms.